The zero-order valence-corrected chi connectivity index (χ0v) is 7.92. The monoisotopic (exact) mass is 171 g/mol. The van der Waals surface area contributed by atoms with Gasteiger partial charge in [-0.05, 0) is 32.1 Å². The Balaban J connectivity index is 2.19. The highest BCUT2D eigenvalue weighted by molar-refractivity contribution is 5.83. The van der Waals surface area contributed by atoms with E-state index in [1.807, 2.05) is 0 Å². The average molecular weight is 171 g/mol. The number of hydrogen-bond acceptors (Lipinski definition) is 2. The first-order chi connectivity index (χ1) is 5.41. The van der Waals surface area contributed by atoms with Crippen LogP contribution in [0.15, 0.2) is 0 Å². The molecule has 2 atom stereocenters. The third-order valence-corrected chi connectivity index (χ3v) is 2.36. The van der Waals surface area contributed by atoms with Crippen LogP contribution in [-0.4, -0.2) is 23.2 Å². The van der Waals surface area contributed by atoms with E-state index in [1.165, 1.54) is 20.3 Å². The van der Waals surface area contributed by atoms with Crippen molar-refractivity contribution in [2.75, 3.05) is 6.54 Å². The molecule has 1 amide bonds. The largest absolute Gasteiger partial charge is 0.381 e. The van der Waals surface area contributed by atoms with Crippen molar-refractivity contribution in [3.63, 3.8) is 0 Å². The molecule has 0 aromatic carbocycles. The molecule has 0 radical (unpaired) electrons. The quantitative estimate of drug-likeness (QED) is 0.650. The summed E-state index contributed by atoms with van der Waals surface area (Å²) >= 11 is 0. The summed E-state index contributed by atoms with van der Waals surface area (Å²) in [5, 5.41) is 12.0. The van der Waals surface area contributed by atoms with Crippen LogP contribution in [0.5, 0.6) is 0 Å². The fourth-order valence-corrected chi connectivity index (χ4v) is 1.12. The van der Waals surface area contributed by atoms with Crippen molar-refractivity contribution in [3.05, 3.63) is 0 Å². The SMILES string of the molecule is CC1CC1CNC(=O)C(C)(C)O. The van der Waals surface area contributed by atoms with E-state index < -0.39 is 5.60 Å². The van der Waals surface area contributed by atoms with E-state index >= 15 is 0 Å². The summed E-state index contributed by atoms with van der Waals surface area (Å²) in [7, 11) is 0. The van der Waals surface area contributed by atoms with Crippen LogP contribution in [0.2, 0.25) is 0 Å². The number of rotatable bonds is 3. The Morgan fingerprint density at radius 1 is 1.67 bits per heavy atom. The van der Waals surface area contributed by atoms with E-state index in [4.69, 9.17) is 0 Å². The highest BCUT2D eigenvalue weighted by atomic mass is 16.3. The highest BCUT2D eigenvalue weighted by Crippen LogP contribution is 2.36. The van der Waals surface area contributed by atoms with Crippen LogP contribution in [0, 0.1) is 11.8 Å². The Labute approximate surface area is 73.2 Å². The molecular formula is C9H17NO2. The third-order valence-electron chi connectivity index (χ3n) is 2.36. The molecule has 0 saturated heterocycles. The summed E-state index contributed by atoms with van der Waals surface area (Å²) < 4.78 is 0. The van der Waals surface area contributed by atoms with Gasteiger partial charge in [-0.3, -0.25) is 4.79 Å². The predicted molar refractivity (Wildman–Crippen MR) is 46.6 cm³/mol. The van der Waals surface area contributed by atoms with Crippen LogP contribution >= 0.6 is 0 Å². The standard InChI is InChI=1S/C9H17NO2/c1-6-4-7(6)5-10-8(11)9(2,3)12/h6-7,12H,4-5H2,1-3H3,(H,10,11). The fraction of sp³-hybridized carbons (Fsp3) is 0.889. The van der Waals surface area contributed by atoms with E-state index in [0.717, 1.165) is 5.92 Å². The smallest absolute Gasteiger partial charge is 0.251 e. The Hall–Kier alpha value is -0.570. The lowest BCUT2D eigenvalue weighted by molar-refractivity contribution is -0.136. The van der Waals surface area contributed by atoms with Crippen LogP contribution in [0.3, 0.4) is 0 Å². The summed E-state index contributed by atoms with van der Waals surface area (Å²) in [5.41, 5.74) is -1.24. The minimum Gasteiger partial charge on any atom is -0.381 e. The first kappa shape index (κ1) is 9.52. The molecule has 0 aromatic heterocycles. The molecule has 0 aromatic rings. The van der Waals surface area contributed by atoms with Gasteiger partial charge in [-0.15, -0.1) is 0 Å². The van der Waals surface area contributed by atoms with Gasteiger partial charge in [-0.25, -0.2) is 0 Å². The van der Waals surface area contributed by atoms with Gasteiger partial charge in [0, 0.05) is 6.54 Å². The number of carbonyl (C=O) groups excluding carboxylic acids is 1. The van der Waals surface area contributed by atoms with Gasteiger partial charge < -0.3 is 10.4 Å². The lowest BCUT2D eigenvalue weighted by atomic mass is 10.1. The lowest BCUT2D eigenvalue weighted by Gasteiger charge is -2.16. The molecular weight excluding hydrogens is 154 g/mol. The normalized spacial score (nSPS) is 28.3. The zero-order chi connectivity index (χ0) is 9.35. The maximum atomic E-state index is 11.1. The minimum atomic E-state index is -1.24. The third kappa shape index (κ3) is 2.48. The predicted octanol–water partition coefficient (Wildman–Crippen LogP) is 0.529. The van der Waals surface area contributed by atoms with Crippen molar-refractivity contribution >= 4 is 5.91 Å². The molecule has 1 fully saturated rings. The second-order valence-electron chi connectivity index (χ2n) is 4.24. The molecule has 1 rings (SSSR count). The summed E-state index contributed by atoms with van der Waals surface area (Å²) in [4.78, 5) is 11.1. The van der Waals surface area contributed by atoms with Crippen molar-refractivity contribution in [2.45, 2.75) is 32.8 Å². The van der Waals surface area contributed by atoms with E-state index in [1.54, 1.807) is 0 Å². The van der Waals surface area contributed by atoms with Gasteiger partial charge in [0.15, 0.2) is 0 Å². The van der Waals surface area contributed by atoms with Crippen molar-refractivity contribution in [3.8, 4) is 0 Å². The second-order valence-corrected chi connectivity index (χ2v) is 4.24. The average Bonchev–Trinajstić information content (AvgIpc) is 2.59. The zero-order valence-electron chi connectivity index (χ0n) is 7.92. The van der Waals surface area contributed by atoms with Crippen molar-refractivity contribution in [1.29, 1.82) is 0 Å². The van der Waals surface area contributed by atoms with E-state index in [2.05, 4.69) is 12.2 Å². The van der Waals surface area contributed by atoms with Gasteiger partial charge in [-0.2, -0.15) is 0 Å². The molecule has 0 heterocycles. The van der Waals surface area contributed by atoms with Gasteiger partial charge in [-0.1, -0.05) is 6.92 Å². The maximum Gasteiger partial charge on any atom is 0.251 e. The number of carbonyl (C=O) groups is 1. The molecule has 1 aliphatic rings. The Morgan fingerprint density at radius 3 is 2.50 bits per heavy atom. The van der Waals surface area contributed by atoms with Crippen LogP contribution in [0.25, 0.3) is 0 Å². The van der Waals surface area contributed by atoms with Gasteiger partial charge in [0.25, 0.3) is 5.91 Å². The molecule has 1 saturated carbocycles. The molecule has 12 heavy (non-hydrogen) atoms. The summed E-state index contributed by atoms with van der Waals surface area (Å²) in [6, 6.07) is 0. The van der Waals surface area contributed by atoms with Gasteiger partial charge in [0.2, 0.25) is 0 Å². The van der Waals surface area contributed by atoms with Crippen LogP contribution in [0.4, 0.5) is 0 Å². The Bertz CT molecular complexity index is 183. The molecule has 70 valence electrons. The first-order valence-electron chi connectivity index (χ1n) is 4.42. The molecule has 0 spiro atoms. The molecule has 3 nitrogen and oxygen atoms in total. The summed E-state index contributed by atoms with van der Waals surface area (Å²) in [6.07, 6.45) is 1.20. The minimum absolute atomic E-state index is 0.276. The number of aliphatic hydroxyl groups is 1. The van der Waals surface area contributed by atoms with Crippen LogP contribution in [0.1, 0.15) is 27.2 Å². The lowest BCUT2D eigenvalue weighted by Crippen LogP contribution is -2.42. The molecule has 2 unspecified atom stereocenters. The van der Waals surface area contributed by atoms with Crippen molar-refractivity contribution in [1.82, 2.24) is 5.32 Å². The molecule has 0 aliphatic heterocycles. The Morgan fingerprint density at radius 2 is 2.17 bits per heavy atom. The molecule has 2 N–H and O–H groups in total. The molecule has 0 bridgehead atoms. The van der Waals surface area contributed by atoms with Gasteiger partial charge in [0.05, 0.1) is 0 Å². The van der Waals surface area contributed by atoms with Crippen molar-refractivity contribution < 1.29 is 9.90 Å². The topological polar surface area (TPSA) is 49.3 Å². The Kier molecular flexibility index (Phi) is 2.42. The van der Waals surface area contributed by atoms with Crippen molar-refractivity contribution in [2.24, 2.45) is 11.8 Å². The summed E-state index contributed by atoms with van der Waals surface area (Å²) in [5.74, 6) is 1.10. The fourth-order valence-electron chi connectivity index (χ4n) is 1.12. The van der Waals surface area contributed by atoms with Crippen LogP contribution in [-0.2, 0) is 4.79 Å². The first-order valence-corrected chi connectivity index (χ1v) is 4.42. The molecule has 1 aliphatic carbocycles. The van der Waals surface area contributed by atoms with Gasteiger partial charge >= 0.3 is 0 Å². The number of hydrogen-bond donors (Lipinski definition) is 2. The van der Waals surface area contributed by atoms with Crippen LogP contribution < -0.4 is 5.32 Å². The number of nitrogens with one attached hydrogen (secondary N) is 1. The second kappa shape index (κ2) is 3.05. The number of amides is 1. The highest BCUT2D eigenvalue weighted by Gasteiger charge is 2.33. The summed E-state index contributed by atoms with van der Waals surface area (Å²) in [6.45, 7) is 5.88. The molecule has 3 heteroatoms. The van der Waals surface area contributed by atoms with E-state index in [-0.39, 0.29) is 5.91 Å². The maximum absolute atomic E-state index is 11.1. The van der Waals surface area contributed by atoms with E-state index in [9.17, 15) is 9.90 Å². The van der Waals surface area contributed by atoms with E-state index in [0.29, 0.717) is 12.5 Å². The van der Waals surface area contributed by atoms with Gasteiger partial charge in [0.1, 0.15) is 5.60 Å².